The number of aryl methyl sites for hydroxylation is 2. The molecule has 0 amide bonds. The number of sulfonamides is 1. The highest BCUT2D eigenvalue weighted by molar-refractivity contribution is 7.89. The van der Waals surface area contributed by atoms with Gasteiger partial charge in [0.05, 0.1) is 22.9 Å². The third-order valence-electron chi connectivity index (χ3n) is 11.0. The first kappa shape index (κ1) is 46.5. The molecule has 60 heavy (non-hydrogen) atoms. The van der Waals surface area contributed by atoms with Gasteiger partial charge in [0.2, 0.25) is 0 Å². The van der Waals surface area contributed by atoms with Gasteiger partial charge in [-0.05, 0) is 119 Å². The van der Waals surface area contributed by atoms with Crippen LogP contribution in [-0.4, -0.2) is 48.5 Å². The fourth-order valence-corrected chi connectivity index (χ4v) is 9.93. The first-order valence-electron chi connectivity index (χ1n) is 21.7. The summed E-state index contributed by atoms with van der Waals surface area (Å²) in [5, 5.41) is 10.8. The third kappa shape index (κ3) is 13.2. The van der Waals surface area contributed by atoms with Gasteiger partial charge in [-0.1, -0.05) is 90.3 Å². The molecule has 324 valence electrons. The molecule has 3 atom stereocenters. The predicted molar refractivity (Wildman–Crippen MR) is 256 cm³/mol. The van der Waals surface area contributed by atoms with Crippen molar-refractivity contribution < 1.29 is 8.42 Å². The molecule has 0 spiro atoms. The van der Waals surface area contributed by atoms with E-state index in [9.17, 15) is 8.42 Å². The van der Waals surface area contributed by atoms with Crippen LogP contribution in [0.4, 0.5) is 10.8 Å². The largest absolute Gasteiger partial charge is 0.401 e. The molecule has 3 aliphatic rings. The molecule has 5 N–H and O–H groups in total. The molecule has 4 heterocycles. The van der Waals surface area contributed by atoms with E-state index in [1.54, 1.807) is 23.5 Å². The Hall–Kier alpha value is -4.61. The fourth-order valence-electron chi connectivity index (χ4n) is 7.78. The number of allylic oxidation sites excluding steroid dienone is 4. The quantitative estimate of drug-likeness (QED) is 0.135. The lowest BCUT2D eigenvalue weighted by Gasteiger charge is -2.32. The van der Waals surface area contributed by atoms with E-state index in [1.807, 2.05) is 12.1 Å². The second-order valence-corrected chi connectivity index (χ2v) is 20.4. The Kier molecular flexibility index (Phi) is 16.1. The van der Waals surface area contributed by atoms with Crippen LogP contribution in [0.3, 0.4) is 0 Å². The van der Waals surface area contributed by atoms with Crippen molar-refractivity contribution in [1.29, 1.82) is 0 Å². The van der Waals surface area contributed by atoms with Crippen LogP contribution < -0.4 is 21.1 Å². The van der Waals surface area contributed by atoms with Crippen LogP contribution in [-0.2, 0) is 16.4 Å². The van der Waals surface area contributed by atoms with Crippen LogP contribution in [0.1, 0.15) is 104 Å². The van der Waals surface area contributed by atoms with Crippen molar-refractivity contribution in [3.63, 3.8) is 0 Å². The molecule has 2 fully saturated rings. The molecular formula is C49H69N7O2S2. The van der Waals surface area contributed by atoms with Gasteiger partial charge in [-0.3, -0.25) is 4.72 Å². The number of likely N-dealkylation sites (tertiary alicyclic amines) is 1. The minimum atomic E-state index is -3.59. The van der Waals surface area contributed by atoms with Gasteiger partial charge in [0.15, 0.2) is 5.13 Å². The number of hydrogen-bond donors (Lipinski definition) is 4. The lowest BCUT2D eigenvalue weighted by atomic mass is 9.90. The summed E-state index contributed by atoms with van der Waals surface area (Å²) in [6, 6.07) is 16.4. The first-order chi connectivity index (χ1) is 28.5. The zero-order valence-corrected chi connectivity index (χ0v) is 38.7. The lowest BCUT2D eigenvalue weighted by molar-refractivity contribution is 0.294. The molecule has 2 aromatic carbocycles. The average molecular weight is 852 g/mol. The van der Waals surface area contributed by atoms with Crippen molar-refractivity contribution in [2.24, 2.45) is 23.0 Å². The second-order valence-electron chi connectivity index (χ2n) is 17.9. The third-order valence-corrected chi connectivity index (χ3v) is 13.2. The Bertz CT molecular complexity index is 2250. The maximum Gasteiger partial charge on any atom is 0.263 e. The zero-order chi connectivity index (χ0) is 43.6. The Balaban J connectivity index is 0.000000175. The van der Waals surface area contributed by atoms with Crippen molar-refractivity contribution >= 4 is 43.1 Å². The topological polar surface area (TPSA) is 125 Å². The second kappa shape index (κ2) is 20.8. The molecular weight excluding hydrogens is 783 g/mol. The summed E-state index contributed by atoms with van der Waals surface area (Å²) in [7, 11) is -3.59. The van der Waals surface area contributed by atoms with Gasteiger partial charge < -0.3 is 21.3 Å². The van der Waals surface area contributed by atoms with E-state index in [2.05, 4.69) is 135 Å². The molecule has 7 rings (SSSR count). The Morgan fingerprint density at radius 1 is 1.05 bits per heavy atom. The smallest absolute Gasteiger partial charge is 0.263 e. The summed E-state index contributed by atoms with van der Waals surface area (Å²) in [6.07, 6.45) is 14.3. The first-order valence-corrected chi connectivity index (χ1v) is 24.0. The van der Waals surface area contributed by atoms with Crippen LogP contribution >= 0.6 is 11.3 Å². The number of fused-ring (bicyclic) bond motifs is 3. The van der Waals surface area contributed by atoms with Crippen LogP contribution in [0, 0.1) is 24.2 Å². The SMILES string of the molecule is C=C(N)[C@@H]1CCCN1C(=C)CC(C)(C)C.C=C1NS(=O)(=O)c2ccccc2NCCCCC/C=C\C2C[C@H]12.CCc1ccc2c(C)cc(-c3csc(NC(C)C)n3)nc2c1. The van der Waals surface area contributed by atoms with E-state index in [4.69, 9.17) is 10.7 Å². The molecule has 4 aromatic rings. The molecule has 11 heteroatoms. The van der Waals surface area contributed by atoms with Crippen molar-refractivity contribution in [3.8, 4) is 11.4 Å². The molecule has 2 aliphatic heterocycles. The van der Waals surface area contributed by atoms with E-state index in [1.165, 1.54) is 35.1 Å². The molecule has 1 unspecified atom stereocenters. The van der Waals surface area contributed by atoms with Gasteiger partial charge in [0.25, 0.3) is 10.0 Å². The minimum absolute atomic E-state index is 0.228. The molecule has 0 radical (unpaired) electrons. The van der Waals surface area contributed by atoms with Crippen LogP contribution in [0.5, 0.6) is 0 Å². The number of rotatable bonds is 7. The normalized spacial score (nSPS) is 20.6. The van der Waals surface area contributed by atoms with Crippen molar-refractivity contribution in [2.45, 2.75) is 123 Å². The Morgan fingerprint density at radius 2 is 1.82 bits per heavy atom. The highest BCUT2D eigenvalue weighted by atomic mass is 32.2. The Labute approximate surface area is 364 Å². The highest BCUT2D eigenvalue weighted by Gasteiger charge is 2.38. The van der Waals surface area contributed by atoms with Crippen LogP contribution in [0.15, 0.2) is 108 Å². The lowest BCUT2D eigenvalue weighted by Crippen LogP contribution is -2.33. The summed E-state index contributed by atoms with van der Waals surface area (Å²) in [6.45, 7) is 29.1. The molecule has 1 aliphatic carbocycles. The van der Waals surface area contributed by atoms with Gasteiger partial charge in [0, 0.05) is 52.9 Å². The van der Waals surface area contributed by atoms with E-state index in [0.717, 1.165) is 85.8 Å². The van der Waals surface area contributed by atoms with Gasteiger partial charge in [-0.25, -0.2) is 18.4 Å². The summed E-state index contributed by atoms with van der Waals surface area (Å²) >= 11 is 1.63. The van der Waals surface area contributed by atoms with E-state index >= 15 is 0 Å². The highest BCUT2D eigenvalue weighted by Crippen LogP contribution is 2.44. The number of benzene rings is 2. The molecule has 9 nitrogen and oxygen atoms in total. The number of thiazole rings is 1. The predicted octanol–water partition coefficient (Wildman–Crippen LogP) is 11.6. The van der Waals surface area contributed by atoms with E-state index in [-0.39, 0.29) is 5.92 Å². The fraction of sp³-hybridized carbons (Fsp3) is 0.469. The number of pyridine rings is 1. The summed E-state index contributed by atoms with van der Waals surface area (Å²) in [5.74, 6) is 0.662. The van der Waals surface area contributed by atoms with E-state index < -0.39 is 10.0 Å². The number of aromatic nitrogens is 2. The summed E-state index contributed by atoms with van der Waals surface area (Å²) in [5.41, 5.74) is 14.9. The van der Waals surface area contributed by atoms with Crippen molar-refractivity contribution in [3.05, 3.63) is 114 Å². The maximum atomic E-state index is 12.7. The number of anilines is 2. The maximum absolute atomic E-state index is 12.7. The van der Waals surface area contributed by atoms with Gasteiger partial charge in [0.1, 0.15) is 10.6 Å². The van der Waals surface area contributed by atoms with Crippen LogP contribution in [0.2, 0.25) is 0 Å². The standard InChI is InChI=1S/C18H21N3S.C18H24N2O2S.C13H24N2/c1-5-13-6-7-14-12(4)8-16(20-15(14)9-13)17-10-22-18(21-17)19-11(2)3;1-14-16-13-15(16)9-5-3-2-4-8-12-19-17-10-6-7-11-18(17)23(21,22)20-14;1-10(9-13(3,4)5)15-8-6-7-12(15)11(2)14/h6-11H,5H2,1-4H3,(H,19,21);5-7,9-11,15-16,19-20H,1-4,8,12-13H2;12H,1-2,6-9,14H2,3-5H3/b;9-5-;/t;15?,16-;12-/m.10/s1. The molecule has 1 saturated carbocycles. The molecule has 2 aromatic heterocycles. The average Bonchev–Trinajstić information content (AvgIpc) is 3.52. The van der Waals surface area contributed by atoms with Crippen molar-refractivity contribution in [2.75, 3.05) is 23.7 Å². The minimum Gasteiger partial charge on any atom is -0.401 e. The Morgan fingerprint density at radius 3 is 2.53 bits per heavy atom. The van der Waals surface area contributed by atoms with E-state index in [0.29, 0.717) is 39.7 Å². The van der Waals surface area contributed by atoms with Gasteiger partial charge in [-0.15, -0.1) is 11.3 Å². The molecule has 1 saturated heterocycles. The summed E-state index contributed by atoms with van der Waals surface area (Å²) in [4.78, 5) is 12.1. The van der Waals surface area contributed by atoms with Gasteiger partial charge >= 0.3 is 0 Å². The van der Waals surface area contributed by atoms with Crippen LogP contribution in [0.25, 0.3) is 22.3 Å². The monoisotopic (exact) mass is 851 g/mol. The summed E-state index contributed by atoms with van der Waals surface area (Å²) < 4.78 is 28.0. The zero-order valence-electron chi connectivity index (χ0n) is 37.1. The van der Waals surface area contributed by atoms with Crippen molar-refractivity contribution in [1.82, 2.24) is 19.6 Å². The number of nitrogens with two attached hydrogens (primary N) is 1. The number of hydrogen-bond acceptors (Lipinski definition) is 9. The van der Waals surface area contributed by atoms with Gasteiger partial charge in [-0.2, -0.15) is 0 Å². The number of nitrogens with zero attached hydrogens (tertiary/aromatic N) is 3. The molecule has 0 bridgehead atoms. The number of nitrogens with one attached hydrogen (secondary N) is 3. The number of para-hydroxylation sites is 1.